The van der Waals surface area contributed by atoms with Gasteiger partial charge in [0.2, 0.25) is 0 Å². The molecule has 1 N–H and O–H groups in total. The van der Waals surface area contributed by atoms with E-state index in [-0.39, 0.29) is 5.56 Å². The number of rotatable bonds is 5. The van der Waals surface area contributed by atoms with Crippen LogP contribution in [0.4, 0.5) is 0 Å². The second kappa shape index (κ2) is 5.64. The van der Waals surface area contributed by atoms with Gasteiger partial charge in [0.15, 0.2) is 0 Å². The van der Waals surface area contributed by atoms with Gasteiger partial charge in [-0.2, -0.15) is 5.10 Å². The maximum Gasteiger partial charge on any atom is 0.335 e. The Morgan fingerprint density at radius 1 is 1.40 bits per heavy atom. The van der Waals surface area contributed by atoms with E-state index in [2.05, 4.69) is 5.10 Å². The molecule has 0 spiro atoms. The molecule has 0 saturated heterocycles. The van der Waals surface area contributed by atoms with Gasteiger partial charge in [0.25, 0.3) is 0 Å². The van der Waals surface area contributed by atoms with E-state index in [1.54, 1.807) is 10.9 Å². The first kappa shape index (κ1) is 13.9. The molecule has 1 aromatic carbocycles. The number of benzene rings is 1. The third kappa shape index (κ3) is 2.59. The van der Waals surface area contributed by atoms with Crippen LogP contribution in [0.5, 0.6) is 11.5 Å². The molecule has 0 bridgehead atoms. The SMILES string of the molecule is CCOc1cc(C(=O)O)cc(OC)c1-c1cnn(C)c1. The van der Waals surface area contributed by atoms with Gasteiger partial charge >= 0.3 is 5.97 Å². The number of carbonyl (C=O) groups is 1. The molecule has 0 aliphatic rings. The van der Waals surface area contributed by atoms with Crippen LogP contribution in [0.1, 0.15) is 17.3 Å². The molecule has 1 heterocycles. The van der Waals surface area contributed by atoms with Crippen molar-refractivity contribution in [1.29, 1.82) is 0 Å². The van der Waals surface area contributed by atoms with Crippen LogP contribution >= 0.6 is 0 Å². The Hall–Kier alpha value is -2.50. The highest BCUT2D eigenvalue weighted by Gasteiger charge is 2.18. The van der Waals surface area contributed by atoms with E-state index >= 15 is 0 Å². The third-order valence-corrected chi connectivity index (χ3v) is 2.83. The topological polar surface area (TPSA) is 73.6 Å². The summed E-state index contributed by atoms with van der Waals surface area (Å²) >= 11 is 0. The smallest absolute Gasteiger partial charge is 0.335 e. The molecule has 0 radical (unpaired) electrons. The van der Waals surface area contributed by atoms with Gasteiger partial charge in [-0.05, 0) is 19.1 Å². The Balaban J connectivity index is 2.66. The van der Waals surface area contributed by atoms with Gasteiger partial charge in [0.05, 0.1) is 31.0 Å². The summed E-state index contributed by atoms with van der Waals surface area (Å²) in [5.74, 6) is -0.111. The van der Waals surface area contributed by atoms with Gasteiger partial charge in [-0.25, -0.2) is 4.79 Å². The van der Waals surface area contributed by atoms with Gasteiger partial charge in [-0.15, -0.1) is 0 Å². The number of methoxy groups -OCH3 is 1. The largest absolute Gasteiger partial charge is 0.496 e. The van der Waals surface area contributed by atoms with Gasteiger partial charge in [0, 0.05) is 18.8 Å². The molecule has 106 valence electrons. The molecule has 6 nitrogen and oxygen atoms in total. The average molecular weight is 276 g/mol. The van der Waals surface area contributed by atoms with E-state index in [9.17, 15) is 4.79 Å². The van der Waals surface area contributed by atoms with Gasteiger partial charge in [-0.1, -0.05) is 0 Å². The zero-order valence-electron chi connectivity index (χ0n) is 11.6. The molecular weight excluding hydrogens is 260 g/mol. The Morgan fingerprint density at radius 3 is 2.60 bits per heavy atom. The first-order valence-corrected chi connectivity index (χ1v) is 6.14. The lowest BCUT2D eigenvalue weighted by atomic mass is 10.0. The van der Waals surface area contributed by atoms with E-state index in [4.69, 9.17) is 14.6 Å². The van der Waals surface area contributed by atoms with Crippen molar-refractivity contribution >= 4 is 5.97 Å². The predicted octanol–water partition coefficient (Wildman–Crippen LogP) is 2.19. The molecule has 6 heteroatoms. The molecule has 1 aromatic heterocycles. The first-order chi connectivity index (χ1) is 9.56. The van der Waals surface area contributed by atoms with Crippen molar-refractivity contribution in [3.63, 3.8) is 0 Å². The third-order valence-electron chi connectivity index (χ3n) is 2.83. The molecule has 0 saturated carbocycles. The monoisotopic (exact) mass is 276 g/mol. The van der Waals surface area contributed by atoms with Crippen molar-refractivity contribution in [2.24, 2.45) is 7.05 Å². The fraction of sp³-hybridized carbons (Fsp3) is 0.286. The van der Waals surface area contributed by atoms with Crippen LogP contribution in [0.3, 0.4) is 0 Å². The number of ether oxygens (including phenoxy) is 2. The molecule has 2 rings (SSSR count). The van der Waals surface area contributed by atoms with Crippen molar-refractivity contribution < 1.29 is 19.4 Å². The Labute approximate surface area is 116 Å². The van der Waals surface area contributed by atoms with Crippen LogP contribution in [0.25, 0.3) is 11.1 Å². The molecule has 0 aliphatic carbocycles. The van der Waals surface area contributed by atoms with Crippen molar-refractivity contribution in [2.75, 3.05) is 13.7 Å². The normalized spacial score (nSPS) is 10.3. The summed E-state index contributed by atoms with van der Waals surface area (Å²) in [6.07, 6.45) is 3.50. The average Bonchev–Trinajstić information content (AvgIpc) is 2.84. The lowest BCUT2D eigenvalue weighted by Gasteiger charge is -2.14. The summed E-state index contributed by atoms with van der Waals surface area (Å²) in [6, 6.07) is 2.98. The van der Waals surface area contributed by atoms with Crippen LogP contribution < -0.4 is 9.47 Å². The summed E-state index contributed by atoms with van der Waals surface area (Å²) in [7, 11) is 3.30. The zero-order chi connectivity index (χ0) is 14.7. The maximum absolute atomic E-state index is 11.1. The lowest BCUT2D eigenvalue weighted by molar-refractivity contribution is 0.0696. The minimum absolute atomic E-state index is 0.123. The van der Waals surface area contributed by atoms with Crippen LogP contribution in [0.2, 0.25) is 0 Å². The molecule has 0 fully saturated rings. The van der Waals surface area contributed by atoms with Crippen LogP contribution in [0.15, 0.2) is 24.5 Å². The maximum atomic E-state index is 11.1. The van der Waals surface area contributed by atoms with E-state index in [0.717, 1.165) is 5.56 Å². The molecule has 0 unspecified atom stereocenters. The van der Waals surface area contributed by atoms with Gasteiger partial charge in [-0.3, -0.25) is 4.68 Å². The van der Waals surface area contributed by atoms with Crippen molar-refractivity contribution in [3.8, 4) is 22.6 Å². The van der Waals surface area contributed by atoms with Crippen molar-refractivity contribution in [2.45, 2.75) is 6.92 Å². The van der Waals surface area contributed by atoms with E-state index < -0.39 is 5.97 Å². The summed E-state index contributed by atoms with van der Waals surface area (Å²) in [5, 5.41) is 13.3. The summed E-state index contributed by atoms with van der Waals surface area (Å²) < 4.78 is 12.5. The second-order valence-corrected chi connectivity index (χ2v) is 4.19. The number of hydrogen-bond donors (Lipinski definition) is 1. The number of aryl methyl sites for hydroxylation is 1. The molecule has 0 atom stereocenters. The molecule has 2 aromatic rings. The number of nitrogens with zero attached hydrogens (tertiary/aromatic N) is 2. The van der Waals surface area contributed by atoms with Crippen LogP contribution in [-0.2, 0) is 7.05 Å². The molecule has 20 heavy (non-hydrogen) atoms. The van der Waals surface area contributed by atoms with Gasteiger partial charge in [0.1, 0.15) is 11.5 Å². The summed E-state index contributed by atoms with van der Waals surface area (Å²) in [4.78, 5) is 11.1. The standard InChI is InChI=1S/C14H16N2O4/c1-4-20-12-6-9(14(17)18)5-11(19-3)13(12)10-7-15-16(2)8-10/h5-8H,4H2,1-3H3,(H,17,18). The summed E-state index contributed by atoms with van der Waals surface area (Å²) in [5.41, 5.74) is 1.63. The predicted molar refractivity (Wildman–Crippen MR) is 73.3 cm³/mol. The zero-order valence-corrected chi connectivity index (χ0v) is 11.6. The van der Waals surface area contributed by atoms with Crippen LogP contribution in [-0.4, -0.2) is 34.6 Å². The Morgan fingerprint density at radius 2 is 2.10 bits per heavy atom. The highest BCUT2D eigenvalue weighted by atomic mass is 16.5. The number of carboxylic acid groups (broad SMARTS) is 1. The van der Waals surface area contributed by atoms with E-state index in [1.165, 1.54) is 19.2 Å². The number of carboxylic acids is 1. The molecular formula is C14H16N2O4. The van der Waals surface area contributed by atoms with Crippen molar-refractivity contribution in [1.82, 2.24) is 9.78 Å². The Kier molecular flexibility index (Phi) is 3.93. The van der Waals surface area contributed by atoms with Gasteiger partial charge < -0.3 is 14.6 Å². The highest BCUT2D eigenvalue weighted by molar-refractivity contribution is 5.91. The summed E-state index contributed by atoms with van der Waals surface area (Å²) in [6.45, 7) is 2.27. The minimum Gasteiger partial charge on any atom is -0.496 e. The van der Waals surface area contributed by atoms with E-state index in [1.807, 2.05) is 20.2 Å². The Bertz CT molecular complexity index is 634. The fourth-order valence-corrected chi connectivity index (χ4v) is 1.98. The number of aromatic carboxylic acids is 1. The highest BCUT2D eigenvalue weighted by Crippen LogP contribution is 2.39. The fourth-order valence-electron chi connectivity index (χ4n) is 1.98. The van der Waals surface area contributed by atoms with Crippen molar-refractivity contribution in [3.05, 3.63) is 30.1 Å². The quantitative estimate of drug-likeness (QED) is 0.906. The van der Waals surface area contributed by atoms with E-state index in [0.29, 0.717) is 23.7 Å². The molecule has 0 amide bonds. The van der Waals surface area contributed by atoms with Crippen LogP contribution in [0, 0.1) is 0 Å². The molecule has 0 aliphatic heterocycles. The number of aromatic nitrogens is 2. The minimum atomic E-state index is -1.03. The second-order valence-electron chi connectivity index (χ2n) is 4.19. The number of hydrogen-bond acceptors (Lipinski definition) is 4. The first-order valence-electron chi connectivity index (χ1n) is 6.14. The lowest BCUT2D eigenvalue weighted by Crippen LogP contribution is -2.02.